The average molecular weight is 422 g/mol. The molecule has 0 bridgehead atoms. The van der Waals surface area contributed by atoms with E-state index in [1.807, 2.05) is 31.2 Å². The Kier molecular flexibility index (Phi) is 6.14. The van der Waals surface area contributed by atoms with E-state index in [0.717, 1.165) is 11.5 Å². The number of carbonyl (C=O) groups excluding carboxylic acids is 1. The summed E-state index contributed by atoms with van der Waals surface area (Å²) in [5.74, 6) is 0.668. The van der Waals surface area contributed by atoms with Crippen LogP contribution in [0.2, 0.25) is 0 Å². The maximum absolute atomic E-state index is 13.9. The number of likely N-dealkylation sites (tertiary alicyclic amines) is 1. The predicted molar refractivity (Wildman–Crippen MR) is 101 cm³/mol. The largest absolute Gasteiger partial charge is 0.490 e. The van der Waals surface area contributed by atoms with Gasteiger partial charge in [0.05, 0.1) is 12.2 Å². The Labute approximate surface area is 161 Å². The van der Waals surface area contributed by atoms with Gasteiger partial charge >= 0.3 is 0 Å². The monoisotopic (exact) mass is 421 g/mol. The first-order chi connectivity index (χ1) is 12.6. The highest BCUT2D eigenvalue weighted by Gasteiger charge is 2.26. The average Bonchev–Trinajstić information content (AvgIpc) is 2.65. The van der Waals surface area contributed by atoms with E-state index in [1.165, 1.54) is 12.1 Å². The molecule has 1 heterocycles. The van der Waals surface area contributed by atoms with Crippen LogP contribution in [-0.2, 0) is 0 Å². The summed E-state index contributed by atoms with van der Waals surface area (Å²) in [6, 6.07) is 12.0. The second-order valence-electron chi connectivity index (χ2n) is 6.11. The molecule has 4 nitrogen and oxygen atoms in total. The molecule has 1 saturated heterocycles. The molecule has 0 spiro atoms. The van der Waals surface area contributed by atoms with E-state index in [4.69, 9.17) is 9.47 Å². The first-order valence-corrected chi connectivity index (χ1v) is 9.50. The van der Waals surface area contributed by atoms with Crippen molar-refractivity contribution in [2.24, 2.45) is 0 Å². The van der Waals surface area contributed by atoms with Crippen LogP contribution in [0.15, 0.2) is 46.9 Å². The number of amides is 1. The zero-order valence-corrected chi connectivity index (χ0v) is 16.2. The van der Waals surface area contributed by atoms with Crippen LogP contribution in [0.5, 0.6) is 11.5 Å². The van der Waals surface area contributed by atoms with Crippen LogP contribution in [0, 0.1) is 5.82 Å². The van der Waals surface area contributed by atoms with Crippen molar-refractivity contribution in [3.63, 3.8) is 0 Å². The summed E-state index contributed by atoms with van der Waals surface area (Å²) in [6.07, 6.45) is 1.40. The van der Waals surface area contributed by atoms with Crippen molar-refractivity contribution in [1.82, 2.24) is 4.90 Å². The molecule has 0 unspecified atom stereocenters. The summed E-state index contributed by atoms with van der Waals surface area (Å²) in [7, 11) is 0. The summed E-state index contributed by atoms with van der Waals surface area (Å²) < 4.78 is 26.3. The molecule has 0 atom stereocenters. The predicted octanol–water partition coefficient (Wildman–Crippen LogP) is 4.67. The molecule has 0 radical (unpaired) electrons. The van der Waals surface area contributed by atoms with E-state index in [1.54, 1.807) is 11.0 Å². The first kappa shape index (κ1) is 18.7. The molecule has 0 aliphatic carbocycles. The topological polar surface area (TPSA) is 38.8 Å². The molecule has 138 valence electrons. The van der Waals surface area contributed by atoms with E-state index >= 15 is 0 Å². The minimum absolute atomic E-state index is 0.00742. The fraction of sp³-hybridized carbons (Fsp3) is 0.350. The van der Waals surface area contributed by atoms with E-state index < -0.39 is 5.82 Å². The number of nitrogens with zero attached hydrogens (tertiary/aromatic N) is 1. The molecule has 0 aromatic heterocycles. The van der Waals surface area contributed by atoms with Crippen LogP contribution < -0.4 is 9.47 Å². The SMILES string of the molecule is CCOc1ccccc1OC1CCN(C(=O)c2cc(Br)ccc2F)CC1. The van der Waals surface area contributed by atoms with Crippen molar-refractivity contribution in [3.8, 4) is 11.5 Å². The van der Waals surface area contributed by atoms with E-state index in [0.29, 0.717) is 37.0 Å². The van der Waals surface area contributed by atoms with Gasteiger partial charge in [-0.3, -0.25) is 4.79 Å². The van der Waals surface area contributed by atoms with Crippen molar-refractivity contribution in [1.29, 1.82) is 0 Å². The van der Waals surface area contributed by atoms with Crippen LogP contribution in [0.1, 0.15) is 30.1 Å². The number of benzene rings is 2. The van der Waals surface area contributed by atoms with Crippen LogP contribution in [0.25, 0.3) is 0 Å². The number of rotatable bonds is 5. The van der Waals surface area contributed by atoms with Gasteiger partial charge in [-0.2, -0.15) is 0 Å². The third kappa shape index (κ3) is 4.36. The lowest BCUT2D eigenvalue weighted by atomic mass is 10.1. The maximum Gasteiger partial charge on any atom is 0.256 e. The van der Waals surface area contributed by atoms with E-state index in [2.05, 4.69) is 15.9 Å². The fourth-order valence-corrected chi connectivity index (χ4v) is 3.37. The Hall–Kier alpha value is -2.08. The second kappa shape index (κ2) is 8.54. The summed E-state index contributed by atoms with van der Waals surface area (Å²) >= 11 is 3.29. The Morgan fingerprint density at radius 1 is 1.19 bits per heavy atom. The van der Waals surface area contributed by atoms with E-state index in [-0.39, 0.29) is 17.6 Å². The van der Waals surface area contributed by atoms with Gasteiger partial charge in [0.25, 0.3) is 5.91 Å². The highest BCUT2D eigenvalue weighted by molar-refractivity contribution is 9.10. The van der Waals surface area contributed by atoms with Crippen LogP contribution >= 0.6 is 15.9 Å². The fourth-order valence-electron chi connectivity index (χ4n) is 3.01. The van der Waals surface area contributed by atoms with Crippen molar-refractivity contribution < 1.29 is 18.7 Å². The Morgan fingerprint density at radius 2 is 1.88 bits per heavy atom. The van der Waals surface area contributed by atoms with Crippen molar-refractivity contribution in [2.75, 3.05) is 19.7 Å². The lowest BCUT2D eigenvalue weighted by Gasteiger charge is -2.32. The molecule has 2 aromatic carbocycles. The molecule has 1 aliphatic heterocycles. The number of para-hydroxylation sites is 2. The molecule has 1 fully saturated rings. The molecule has 3 rings (SSSR count). The molecule has 26 heavy (non-hydrogen) atoms. The number of ether oxygens (including phenoxy) is 2. The molecule has 1 aliphatic rings. The molecule has 6 heteroatoms. The van der Waals surface area contributed by atoms with Crippen molar-refractivity contribution >= 4 is 21.8 Å². The highest BCUT2D eigenvalue weighted by Crippen LogP contribution is 2.29. The summed E-state index contributed by atoms with van der Waals surface area (Å²) in [6.45, 7) is 3.58. The molecular weight excluding hydrogens is 401 g/mol. The van der Waals surface area contributed by atoms with Gasteiger partial charge in [-0.1, -0.05) is 28.1 Å². The second-order valence-corrected chi connectivity index (χ2v) is 7.03. The molecule has 0 N–H and O–H groups in total. The minimum Gasteiger partial charge on any atom is -0.490 e. The quantitative estimate of drug-likeness (QED) is 0.703. The number of halogens is 2. The minimum atomic E-state index is -0.498. The van der Waals surface area contributed by atoms with Crippen LogP contribution in [-0.4, -0.2) is 36.6 Å². The zero-order chi connectivity index (χ0) is 18.5. The standard InChI is InChI=1S/C20H21BrFNO3/c1-2-25-18-5-3-4-6-19(18)26-15-9-11-23(12-10-15)20(24)16-13-14(21)7-8-17(16)22/h3-8,13,15H,2,9-12H2,1H3. The van der Waals surface area contributed by atoms with E-state index in [9.17, 15) is 9.18 Å². The Morgan fingerprint density at radius 3 is 2.58 bits per heavy atom. The van der Waals surface area contributed by atoms with Gasteiger partial charge in [0.2, 0.25) is 0 Å². The smallest absolute Gasteiger partial charge is 0.256 e. The number of hydrogen-bond donors (Lipinski definition) is 0. The number of carbonyl (C=O) groups is 1. The van der Waals surface area contributed by atoms with Crippen LogP contribution in [0.4, 0.5) is 4.39 Å². The summed E-state index contributed by atoms with van der Waals surface area (Å²) in [5.41, 5.74) is 0.0976. The summed E-state index contributed by atoms with van der Waals surface area (Å²) in [5, 5.41) is 0. The van der Waals surface area contributed by atoms with Crippen LogP contribution in [0.3, 0.4) is 0 Å². The zero-order valence-electron chi connectivity index (χ0n) is 14.6. The molecule has 2 aromatic rings. The van der Waals surface area contributed by atoms with Gasteiger partial charge in [0, 0.05) is 30.4 Å². The van der Waals surface area contributed by atoms with Gasteiger partial charge < -0.3 is 14.4 Å². The number of hydrogen-bond acceptors (Lipinski definition) is 3. The maximum atomic E-state index is 13.9. The van der Waals surface area contributed by atoms with Gasteiger partial charge in [-0.25, -0.2) is 4.39 Å². The Balaban J connectivity index is 1.61. The number of piperidine rings is 1. The third-order valence-electron chi connectivity index (χ3n) is 4.33. The lowest BCUT2D eigenvalue weighted by Crippen LogP contribution is -2.42. The van der Waals surface area contributed by atoms with Gasteiger partial charge in [0.1, 0.15) is 11.9 Å². The lowest BCUT2D eigenvalue weighted by molar-refractivity contribution is 0.0585. The first-order valence-electron chi connectivity index (χ1n) is 8.71. The van der Waals surface area contributed by atoms with Gasteiger partial charge in [0.15, 0.2) is 11.5 Å². The third-order valence-corrected chi connectivity index (χ3v) is 4.82. The molecule has 1 amide bonds. The molecule has 0 saturated carbocycles. The van der Waals surface area contributed by atoms with Crippen molar-refractivity contribution in [2.45, 2.75) is 25.9 Å². The van der Waals surface area contributed by atoms with Gasteiger partial charge in [-0.15, -0.1) is 0 Å². The van der Waals surface area contributed by atoms with Gasteiger partial charge in [-0.05, 0) is 37.3 Å². The normalized spacial score (nSPS) is 15.0. The Bertz CT molecular complexity index is 775. The summed E-state index contributed by atoms with van der Waals surface area (Å²) in [4.78, 5) is 14.3. The highest BCUT2D eigenvalue weighted by atomic mass is 79.9. The van der Waals surface area contributed by atoms with Crippen molar-refractivity contribution in [3.05, 3.63) is 58.3 Å². The molecular formula is C20H21BrFNO3.